The SMILES string of the molecule is O=C(O)c1csc(C(=O)NCc2cc(F)ccc2F)n1. The maximum atomic E-state index is 13.3. The fourth-order valence-corrected chi connectivity index (χ4v) is 2.11. The minimum atomic E-state index is -1.24. The highest BCUT2D eigenvalue weighted by Crippen LogP contribution is 2.12. The molecule has 20 heavy (non-hydrogen) atoms. The van der Waals surface area contributed by atoms with Crippen LogP contribution in [0.25, 0.3) is 0 Å². The summed E-state index contributed by atoms with van der Waals surface area (Å²) >= 11 is 0.857. The van der Waals surface area contributed by atoms with Crippen LogP contribution in [-0.2, 0) is 6.54 Å². The van der Waals surface area contributed by atoms with Crippen molar-refractivity contribution in [3.63, 3.8) is 0 Å². The molecule has 0 unspecified atom stereocenters. The van der Waals surface area contributed by atoms with Crippen molar-refractivity contribution in [1.82, 2.24) is 10.3 Å². The zero-order valence-electron chi connectivity index (χ0n) is 9.89. The Morgan fingerprint density at radius 2 is 2.10 bits per heavy atom. The molecule has 1 heterocycles. The molecule has 0 atom stereocenters. The van der Waals surface area contributed by atoms with Crippen molar-refractivity contribution < 1.29 is 23.5 Å². The molecule has 1 aromatic carbocycles. The normalized spacial score (nSPS) is 10.3. The van der Waals surface area contributed by atoms with Gasteiger partial charge < -0.3 is 10.4 Å². The maximum Gasteiger partial charge on any atom is 0.355 e. The first-order valence-electron chi connectivity index (χ1n) is 5.38. The number of hydrogen-bond acceptors (Lipinski definition) is 4. The summed E-state index contributed by atoms with van der Waals surface area (Å²) < 4.78 is 26.3. The minimum Gasteiger partial charge on any atom is -0.476 e. The largest absolute Gasteiger partial charge is 0.476 e. The third-order valence-corrected chi connectivity index (χ3v) is 3.21. The number of carbonyl (C=O) groups is 2. The predicted molar refractivity (Wildman–Crippen MR) is 66.6 cm³/mol. The molecule has 104 valence electrons. The topological polar surface area (TPSA) is 79.3 Å². The molecular formula is C12H8F2N2O3S. The van der Waals surface area contributed by atoms with E-state index in [1.807, 2.05) is 0 Å². The van der Waals surface area contributed by atoms with E-state index in [4.69, 9.17) is 5.11 Å². The third-order valence-electron chi connectivity index (χ3n) is 2.36. The van der Waals surface area contributed by atoms with Crippen molar-refractivity contribution >= 4 is 23.2 Å². The lowest BCUT2D eigenvalue weighted by molar-refractivity contribution is 0.0691. The Morgan fingerprint density at radius 1 is 1.35 bits per heavy atom. The molecule has 0 fully saturated rings. The van der Waals surface area contributed by atoms with E-state index in [-0.39, 0.29) is 22.8 Å². The molecule has 0 aliphatic carbocycles. The summed E-state index contributed by atoms with van der Waals surface area (Å²) in [7, 11) is 0. The van der Waals surface area contributed by atoms with Crippen molar-refractivity contribution in [2.24, 2.45) is 0 Å². The number of benzene rings is 1. The summed E-state index contributed by atoms with van der Waals surface area (Å²) in [5, 5.41) is 12.2. The quantitative estimate of drug-likeness (QED) is 0.905. The van der Waals surface area contributed by atoms with Gasteiger partial charge in [-0.25, -0.2) is 18.6 Å². The van der Waals surface area contributed by atoms with Crippen LogP contribution in [0, 0.1) is 11.6 Å². The Balaban J connectivity index is 2.04. The molecule has 8 heteroatoms. The second kappa shape index (κ2) is 5.74. The van der Waals surface area contributed by atoms with Crippen LogP contribution in [0.4, 0.5) is 8.78 Å². The first kappa shape index (κ1) is 14.1. The zero-order chi connectivity index (χ0) is 14.7. The number of carboxylic acids is 1. The molecule has 0 saturated heterocycles. The highest BCUT2D eigenvalue weighted by atomic mass is 32.1. The van der Waals surface area contributed by atoms with Crippen LogP contribution in [0.3, 0.4) is 0 Å². The molecule has 0 spiro atoms. The van der Waals surface area contributed by atoms with E-state index in [2.05, 4.69) is 10.3 Å². The fraction of sp³-hybridized carbons (Fsp3) is 0.0833. The van der Waals surface area contributed by atoms with Gasteiger partial charge in [-0.05, 0) is 18.2 Å². The Morgan fingerprint density at radius 3 is 2.75 bits per heavy atom. The first-order chi connectivity index (χ1) is 9.47. The van der Waals surface area contributed by atoms with Crippen molar-refractivity contribution in [1.29, 1.82) is 0 Å². The number of aromatic nitrogens is 1. The van der Waals surface area contributed by atoms with Crippen LogP contribution in [0.5, 0.6) is 0 Å². The van der Waals surface area contributed by atoms with Gasteiger partial charge >= 0.3 is 5.97 Å². The summed E-state index contributed by atoms with van der Waals surface area (Å²) in [6.07, 6.45) is 0. The number of nitrogens with one attached hydrogen (secondary N) is 1. The Bertz CT molecular complexity index is 672. The summed E-state index contributed by atoms with van der Waals surface area (Å²) in [4.78, 5) is 25.9. The van der Waals surface area contributed by atoms with E-state index < -0.39 is 23.5 Å². The number of amides is 1. The Hall–Kier alpha value is -2.35. The molecule has 5 nitrogen and oxygen atoms in total. The number of halogens is 2. The number of aromatic carboxylic acids is 1. The molecule has 2 aromatic rings. The summed E-state index contributed by atoms with van der Waals surface area (Å²) in [6.45, 7) is -0.218. The van der Waals surface area contributed by atoms with E-state index >= 15 is 0 Å². The van der Waals surface area contributed by atoms with Crippen molar-refractivity contribution in [2.45, 2.75) is 6.54 Å². The minimum absolute atomic E-state index is 0.00614. The van der Waals surface area contributed by atoms with Crippen LogP contribution in [-0.4, -0.2) is 22.0 Å². The van der Waals surface area contributed by atoms with Crippen molar-refractivity contribution in [3.05, 3.63) is 51.5 Å². The van der Waals surface area contributed by atoms with E-state index in [1.54, 1.807) is 0 Å². The first-order valence-corrected chi connectivity index (χ1v) is 6.26. The van der Waals surface area contributed by atoms with Gasteiger partial charge in [-0.2, -0.15) is 0 Å². The summed E-state index contributed by atoms with van der Waals surface area (Å²) in [5.74, 6) is -3.14. The van der Waals surface area contributed by atoms with Gasteiger partial charge in [0.1, 0.15) is 11.6 Å². The van der Waals surface area contributed by atoms with E-state index in [0.717, 1.165) is 29.5 Å². The monoisotopic (exact) mass is 298 g/mol. The van der Waals surface area contributed by atoms with Gasteiger partial charge in [-0.1, -0.05) is 0 Å². The molecular weight excluding hydrogens is 290 g/mol. The summed E-state index contributed by atoms with van der Waals surface area (Å²) in [5.41, 5.74) is -0.245. The lowest BCUT2D eigenvalue weighted by Crippen LogP contribution is -2.23. The standard InChI is InChI=1S/C12H8F2N2O3S/c13-7-1-2-8(14)6(3-7)4-15-10(17)11-16-9(5-20-11)12(18)19/h1-3,5H,4H2,(H,15,17)(H,18,19). The molecule has 0 aliphatic heterocycles. The highest BCUT2D eigenvalue weighted by molar-refractivity contribution is 7.11. The second-order valence-corrected chi connectivity index (χ2v) is 4.62. The number of nitrogens with zero attached hydrogens (tertiary/aromatic N) is 1. The van der Waals surface area contributed by atoms with Gasteiger partial charge in [-0.15, -0.1) is 11.3 Å². The molecule has 1 amide bonds. The van der Waals surface area contributed by atoms with Crippen molar-refractivity contribution in [3.8, 4) is 0 Å². The van der Waals surface area contributed by atoms with Gasteiger partial charge in [0.25, 0.3) is 5.91 Å². The van der Waals surface area contributed by atoms with Crippen LogP contribution in [0.2, 0.25) is 0 Å². The van der Waals surface area contributed by atoms with Gasteiger partial charge in [-0.3, -0.25) is 4.79 Å². The van der Waals surface area contributed by atoms with E-state index in [9.17, 15) is 18.4 Å². The zero-order valence-corrected chi connectivity index (χ0v) is 10.7. The molecule has 0 aliphatic rings. The van der Waals surface area contributed by atoms with Crippen LogP contribution in [0.1, 0.15) is 25.9 Å². The molecule has 0 saturated carbocycles. The van der Waals surface area contributed by atoms with Crippen LogP contribution >= 0.6 is 11.3 Å². The Kier molecular flexibility index (Phi) is 4.04. The second-order valence-electron chi connectivity index (χ2n) is 3.76. The van der Waals surface area contributed by atoms with E-state index in [1.165, 1.54) is 5.38 Å². The van der Waals surface area contributed by atoms with Crippen LogP contribution < -0.4 is 5.32 Å². The van der Waals surface area contributed by atoms with Gasteiger partial charge in [0.2, 0.25) is 0 Å². The molecule has 2 N–H and O–H groups in total. The number of carbonyl (C=O) groups excluding carboxylic acids is 1. The molecule has 0 radical (unpaired) electrons. The summed E-state index contributed by atoms with van der Waals surface area (Å²) in [6, 6.07) is 2.91. The highest BCUT2D eigenvalue weighted by Gasteiger charge is 2.15. The van der Waals surface area contributed by atoms with Gasteiger partial charge in [0, 0.05) is 17.5 Å². The fourth-order valence-electron chi connectivity index (χ4n) is 1.41. The van der Waals surface area contributed by atoms with Gasteiger partial charge in [0.05, 0.1) is 0 Å². The van der Waals surface area contributed by atoms with Crippen molar-refractivity contribution in [2.75, 3.05) is 0 Å². The lowest BCUT2D eigenvalue weighted by atomic mass is 10.2. The third kappa shape index (κ3) is 3.15. The number of carboxylic acid groups (broad SMARTS) is 1. The predicted octanol–water partition coefficient (Wildman–Crippen LogP) is 2.05. The molecule has 2 rings (SSSR count). The lowest BCUT2D eigenvalue weighted by Gasteiger charge is -2.04. The average molecular weight is 298 g/mol. The average Bonchev–Trinajstić information content (AvgIpc) is 2.89. The molecule has 1 aromatic heterocycles. The number of thiazole rings is 1. The van der Waals surface area contributed by atoms with E-state index in [0.29, 0.717) is 0 Å². The molecule has 0 bridgehead atoms. The maximum absolute atomic E-state index is 13.3. The van der Waals surface area contributed by atoms with Crippen LogP contribution in [0.15, 0.2) is 23.6 Å². The Labute approximate surface area is 115 Å². The smallest absolute Gasteiger partial charge is 0.355 e. The number of hydrogen-bond donors (Lipinski definition) is 2. The number of rotatable bonds is 4. The van der Waals surface area contributed by atoms with Gasteiger partial charge in [0.15, 0.2) is 10.7 Å².